The first-order chi connectivity index (χ1) is 9.49. The van der Waals surface area contributed by atoms with Gasteiger partial charge in [0.05, 0.1) is 5.69 Å². The van der Waals surface area contributed by atoms with Gasteiger partial charge in [0, 0.05) is 10.0 Å². The van der Waals surface area contributed by atoms with Gasteiger partial charge in [-0.15, -0.1) is 0 Å². The lowest BCUT2D eigenvalue weighted by atomic mass is 10.1. The van der Waals surface area contributed by atoms with Crippen LogP contribution in [0.4, 0.5) is 14.5 Å². The Morgan fingerprint density at radius 2 is 1.90 bits per heavy atom. The highest BCUT2D eigenvalue weighted by Gasteiger charge is 2.23. The number of hydrogen-bond donors (Lipinski definition) is 2. The number of carbonyl (C=O) groups is 1. The number of benzene rings is 2. The molecule has 2 aromatic rings. The van der Waals surface area contributed by atoms with Crippen LogP contribution in [0.15, 0.2) is 46.9 Å². The molecule has 0 spiro atoms. The number of hydrogen-bond acceptors (Lipinski definition) is 2. The average Bonchev–Trinajstić information content (AvgIpc) is 2.40. The molecular formula is C14H10BrF2NO2. The Balaban J connectivity index is 2.40. The largest absolute Gasteiger partial charge is 0.479 e. The molecule has 0 saturated heterocycles. The second-order valence-electron chi connectivity index (χ2n) is 4.06. The molecule has 104 valence electrons. The number of aliphatic carboxylic acids is 1. The maximum atomic E-state index is 13.6. The SMILES string of the molecule is O=C(O)C(Nc1ccccc1F)c1cc(F)ccc1Br. The van der Waals surface area contributed by atoms with Gasteiger partial charge in [0.2, 0.25) is 0 Å². The Labute approximate surface area is 122 Å². The normalized spacial score (nSPS) is 11.9. The minimum absolute atomic E-state index is 0.0380. The first-order valence-electron chi connectivity index (χ1n) is 5.68. The lowest BCUT2D eigenvalue weighted by Gasteiger charge is -2.18. The summed E-state index contributed by atoms with van der Waals surface area (Å²) in [4.78, 5) is 11.4. The van der Waals surface area contributed by atoms with E-state index in [1.165, 1.54) is 30.3 Å². The summed E-state index contributed by atoms with van der Waals surface area (Å²) in [5, 5.41) is 11.8. The molecule has 0 amide bonds. The number of nitrogens with one attached hydrogen (secondary N) is 1. The summed E-state index contributed by atoms with van der Waals surface area (Å²) in [6.07, 6.45) is 0. The number of carboxylic acid groups (broad SMARTS) is 1. The monoisotopic (exact) mass is 341 g/mol. The Bertz CT molecular complexity index is 649. The lowest BCUT2D eigenvalue weighted by molar-refractivity contribution is -0.138. The zero-order valence-electron chi connectivity index (χ0n) is 10.1. The van der Waals surface area contributed by atoms with Crippen molar-refractivity contribution in [1.82, 2.24) is 0 Å². The van der Waals surface area contributed by atoms with E-state index in [0.29, 0.717) is 4.47 Å². The van der Waals surface area contributed by atoms with Crippen LogP contribution >= 0.6 is 15.9 Å². The van der Waals surface area contributed by atoms with Gasteiger partial charge in [-0.1, -0.05) is 28.1 Å². The molecule has 2 N–H and O–H groups in total. The van der Waals surface area contributed by atoms with Gasteiger partial charge >= 0.3 is 5.97 Å². The summed E-state index contributed by atoms with van der Waals surface area (Å²) in [5.41, 5.74) is 0.219. The fraction of sp³-hybridized carbons (Fsp3) is 0.0714. The molecule has 2 aromatic carbocycles. The number of anilines is 1. The molecule has 0 bridgehead atoms. The van der Waals surface area contributed by atoms with Gasteiger partial charge < -0.3 is 10.4 Å². The molecule has 20 heavy (non-hydrogen) atoms. The quantitative estimate of drug-likeness (QED) is 0.884. The molecular weight excluding hydrogens is 332 g/mol. The molecule has 0 radical (unpaired) electrons. The molecule has 3 nitrogen and oxygen atoms in total. The molecule has 0 aliphatic heterocycles. The molecule has 0 aliphatic rings. The smallest absolute Gasteiger partial charge is 0.330 e. The highest BCUT2D eigenvalue weighted by molar-refractivity contribution is 9.10. The van der Waals surface area contributed by atoms with Crippen molar-refractivity contribution < 1.29 is 18.7 Å². The van der Waals surface area contributed by atoms with E-state index in [2.05, 4.69) is 21.2 Å². The summed E-state index contributed by atoms with van der Waals surface area (Å²) < 4.78 is 27.3. The molecule has 0 aliphatic carbocycles. The van der Waals surface area contributed by atoms with Crippen LogP contribution in [-0.2, 0) is 4.79 Å². The van der Waals surface area contributed by atoms with Crippen LogP contribution < -0.4 is 5.32 Å². The van der Waals surface area contributed by atoms with Crippen molar-refractivity contribution >= 4 is 27.6 Å². The van der Waals surface area contributed by atoms with Crippen LogP contribution in [0, 0.1) is 11.6 Å². The molecule has 6 heteroatoms. The molecule has 0 aromatic heterocycles. The minimum Gasteiger partial charge on any atom is -0.479 e. The van der Waals surface area contributed by atoms with Gasteiger partial charge in [-0.3, -0.25) is 0 Å². The predicted molar refractivity (Wildman–Crippen MR) is 74.5 cm³/mol. The average molecular weight is 342 g/mol. The van der Waals surface area contributed by atoms with Crippen molar-refractivity contribution in [3.8, 4) is 0 Å². The summed E-state index contributed by atoms with van der Waals surface area (Å²) in [7, 11) is 0. The van der Waals surface area contributed by atoms with Gasteiger partial charge in [-0.25, -0.2) is 13.6 Å². The topological polar surface area (TPSA) is 49.3 Å². The maximum Gasteiger partial charge on any atom is 0.330 e. The fourth-order valence-corrected chi connectivity index (χ4v) is 2.22. The van der Waals surface area contributed by atoms with E-state index < -0.39 is 23.6 Å². The highest BCUT2D eigenvalue weighted by atomic mass is 79.9. The molecule has 1 unspecified atom stereocenters. The van der Waals surface area contributed by atoms with Crippen molar-refractivity contribution in [2.75, 3.05) is 5.32 Å². The van der Waals surface area contributed by atoms with Crippen molar-refractivity contribution in [1.29, 1.82) is 0 Å². The molecule has 0 heterocycles. The third kappa shape index (κ3) is 3.14. The zero-order chi connectivity index (χ0) is 14.7. The van der Waals surface area contributed by atoms with E-state index >= 15 is 0 Å². The Hall–Kier alpha value is -1.95. The second-order valence-corrected chi connectivity index (χ2v) is 4.92. The fourth-order valence-electron chi connectivity index (χ4n) is 1.74. The Morgan fingerprint density at radius 3 is 2.55 bits per heavy atom. The third-order valence-electron chi connectivity index (χ3n) is 2.69. The maximum absolute atomic E-state index is 13.6. The first kappa shape index (κ1) is 14.5. The lowest BCUT2D eigenvalue weighted by Crippen LogP contribution is -2.21. The van der Waals surface area contributed by atoms with Crippen LogP contribution in [0.25, 0.3) is 0 Å². The summed E-state index contributed by atoms with van der Waals surface area (Å²) in [5.74, 6) is -2.38. The number of rotatable bonds is 4. The van der Waals surface area contributed by atoms with Crippen LogP contribution in [0.1, 0.15) is 11.6 Å². The summed E-state index contributed by atoms with van der Waals surface area (Å²) >= 11 is 3.17. The van der Waals surface area contributed by atoms with Gasteiger partial charge in [-0.2, -0.15) is 0 Å². The predicted octanol–water partition coefficient (Wildman–Crippen LogP) is 3.97. The Kier molecular flexibility index (Phi) is 4.34. The molecule has 1 atom stereocenters. The third-order valence-corrected chi connectivity index (χ3v) is 3.41. The second kappa shape index (κ2) is 6.00. The van der Waals surface area contributed by atoms with E-state index in [-0.39, 0.29) is 11.3 Å². The van der Waals surface area contributed by atoms with E-state index in [1.54, 1.807) is 6.07 Å². The van der Waals surface area contributed by atoms with Crippen molar-refractivity contribution in [2.45, 2.75) is 6.04 Å². The van der Waals surface area contributed by atoms with E-state index in [1.807, 2.05) is 0 Å². The minimum atomic E-state index is -1.27. The Morgan fingerprint density at radius 1 is 1.20 bits per heavy atom. The number of halogens is 3. The standard InChI is InChI=1S/C14H10BrF2NO2/c15-10-6-5-8(16)7-9(10)13(14(19)20)18-12-4-2-1-3-11(12)17/h1-7,13,18H,(H,19,20). The van der Waals surface area contributed by atoms with Gasteiger partial charge in [0.1, 0.15) is 11.6 Å². The summed E-state index contributed by atoms with van der Waals surface area (Å²) in [6, 6.07) is 8.13. The highest BCUT2D eigenvalue weighted by Crippen LogP contribution is 2.28. The van der Waals surface area contributed by atoms with Gasteiger partial charge in [-0.05, 0) is 30.3 Å². The summed E-state index contributed by atoms with van der Waals surface area (Å²) in [6.45, 7) is 0. The van der Waals surface area contributed by atoms with Crippen LogP contribution in [0.2, 0.25) is 0 Å². The molecule has 2 rings (SSSR count). The first-order valence-corrected chi connectivity index (χ1v) is 6.47. The van der Waals surface area contributed by atoms with E-state index in [4.69, 9.17) is 0 Å². The van der Waals surface area contributed by atoms with Crippen molar-refractivity contribution in [3.05, 3.63) is 64.1 Å². The molecule has 0 saturated carbocycles. The number of para-hydroxylation sites is 1. The van der Waals surface area contributed by atoms with Crippen molar-refractivity contribution in [2.24, 2.45) is 0 Å². The van der Waals surface area contributed by atoms with E-state index in [9.17, 15) is 18.7 Å². The van der Waals surface area contributed by atoms with Gasteiger partial charge in [0.25, 0.3) is 0 Å². The van der Waals surface area contributed by atoms with E-state index in [0.717, 1.165) is 6.07 Å². The van der Waals surface area contributed by atoms with Crippen LogP contribution in [-0.4, -0.2) is 11.1 Å². The number of carboxylic acids is 1. The molecule has 0 fully saturated rings. The van der Waals surface area contributed by atoms with Crippen LogP contribution in [0.5, 0.6) is 0 Å². The van der Waals surface area contributed by atoms with Crippen LogP contribution in [0.3, 0.4) is 0 Å². The zero-order valence-corrected chi connectivity index (χ0v) is 11.7. The van der Waals surface area contributed by atoms with Gasteiger partial charge in [0.15, 0.2) is 6.04 Å². The van der Waals surface area contributed by atoms with Crippen molar-refractivity contribution in [3.63, 3.8) is 0 Å².